The normalized spacial score (nSPS) is 20.7. The van der Waals surface area contributed by atoms with Crippen LogP contribution in [0.1, 0.15) is 36.1 Å². The number of hydrogen-bond acceptors (Lipinski definition) is 9. The fourth-order valence-corrected chi connectivity index (χ4v) is 8.71. The van der Waals surface area contributed by atoms with E-state index in [4.69, 9.17) is 26.1 Å². The van der Waals surface area contributed by atoms with Crippen LogP contribution < -0.4 is 21.3 Å². The Morgan fingerprint density at radius 2 is 1.75 bits per heavy atom. The number of aryl methyl sites for hydroxylation is 2. The molecule has 12 heteroatoms. The molecule has 1 aliphatic heterocycles. The van der Waals surface area contributed by atoms with Crippen LogP contribution in [0.4, 0.5) is 11.5 Å². The molecule has 1 saturated heterocycles. The SMILES string of the molecule is CCOC(=O)C1[C@H]2CN([C@H]3CCc4cc(-c5cccc(-c6cccc(Nc7nccc8c7c(=O)n(C)c(=O)n8C)c6C)c5Cl)nc(OC)c43)C[C@@H]12. The molecule has 0 amide bonds. The van der Waals surface area contributed by atoms with Crippen molar-refractivity contribution in [1.82, 2.24) is 24.0 Å². The summed E-state index contributed by atoms with van der Waals surface area (Å²) in [6, 6.07) is 15.8. The first-order chi connectivity index (χ1) is 24.6. The smallest absolute Gasteiger partial charge is 0.330 e. The number of fused-ring (bicyclic) bond motifs is 3. The van der Waals surface area contributed by atoms with Gasteiger partial charge in [0.2, 0.25) is 5.88 Å². The van der Waals surface area contributed by atoms with Gasteiger partial charge in [0, 0.05) is 61.8 Å². The van der Waals surface area contributed by atoms with Gasteiger partial charge in [-0.3, -0.25) is 23.6 Å². The third kappa shape index (κ3) is 5.33. The first kappa shape index (κ1) is 33.2. The van der Waals surface area contributed by atoms with E-state index in [1.165, 1.54) is 17.2 Å². The van der Waals surface area contributed by atoms with Crippen molar-refractivity contribution in [3.63, 3.8) is 0 Å². The number of hydrogen-bond donors (Lipinski definition) is 1. The highest BCUT2D eigenvalue weighted by molar-refractivity contribution is 6.36. The number of nitrogens with zero attached hydrogens (tertiary/aromatic N) is 5. The maximum absolute atomic E-state index is 13.2. The number of piperidine rings is 1. The molecule has 0 spiro atoms. The Labute approximate surface area is 299 Å². The lowest BCUT2D eigenvalue weighted by atomic mass is 9.96. The number of pyridine rings is 2. The minimum atomic E-state index is -0.420. The number of ether oxygens (including phenoxy) is 2. The Bertz CT molecular complexity index is 2360. The standard InChI is InChI=1S/C39H39ClN6O5/c1-6-51-38(48)32-25-18-46(19-26(25)32)30-14-13-21-17-28(43-36(50-5)31(21)30)24-11-7-10-23(34(24)40)22-9-8-12-27(20(22)2)42-35-33-29(15-16-41-35)44(3)39(49)45(4)37(33)47/h7-12,15-17,25-26,30,32H,6,13-14,18-19H2,1-5H3,(H,41,42)/t25-,26+,30-,32?/m0/s1. The molecule has 3 aromatic heterocycles. The van der Waals surface area contributed by atoms with Crippen LogP contribution in [-0.2, 0) is 30.0 Å². The molecular formula is C39H39ClN6O5. The van der Waals surface area contributed by atoms with Crippen LogP contribution in [-0.4, -0.2) is 56.8 Å². The van der Waals surface area contributed by atoms with Gasteiger partial charge in [-0.05, 0) is 73.4 Å². The van der Waals surface area contributed by atoms with Crippen LogP contribution in [0.3, 0.4) is 0 Å². The minimum absolute atomic E-state index is 0.0412. The number of halogens is 1. The van der Waals surface area contributed by atoms with Crippen molar-refractivity contribution in [1.29, 1.82) is 0 Å². The molecule has 4 heterocycles. The van der Waals surface area contributed by atoms with Crippen LogP contribution in [0.25, 0.3) is 33.3 Å². The number of likely N-dealkylation sites (tertiary alicyclic amines) is 1. The average molecular weight is 707 g/mol. The fourth-order valence-electron chi connectivity index (χ4n) is 8.39. The lowest BCUT2D eigenvalue weighted by Crippen LogP contribution is -2.37. The monoisotopic (exact) mass is 706 g/mol. The third-order valence-corrected chi connectivity index (χ3v) is 11.5. The Morgan fingerprint density at radius 1 is 1.02 bits per heavy atom. The Morgan fingerprint density at radius 3 is 2.49 bits per heavy atom. The topological polar surface area (TPSA) is 121 Å². The van der Waals surface area contributed by atoms with Crippen molar-refractivity contribution in [3.8, 4) is 28.3 Å². The lowest BCUT2D eigenvalue weighted by Gasteiger charge is -2.28. The molecule has 51 heavy (non-hydrogen) atoms. The Balaban J connectivity index is 1.10. The summed E-state index contributed by atoms with van der Waals surface area (Å²) >= 11 is 7.24. The number of rotatable bonds is 8. The van der Waals surface area contributed by atoms with E-state index in [1.54, 1.807) is 26.4 Å². The number of aromatic nitrogens is 4. The summed E-state index contributed by atoms with van der Waals surface area (Å²) in [5.41, 5.74) is 6.98. The van der Waals surface area contributed by atoms with Gasteiger partial charge in [-0.15, -0.1) is 0 Å². The molecule has 0 bridgehead atoms. The van der Waals surface area contributed by atoms with E-state index in [9.17, 15) is 14.4 Å². The van der Waals surface area contributed by atoms with E-state index in [2.05, 4.69) is 21.3 Å². The highest BCUT2D eigenvalue weighted by atomic mass is 35.5. The van der Waals surface area contributed by atoms with Crippen LogP contribution in [0.2, 0.25) is 5.02 Å². The summed E-state index contributed by atoms with van der Waals surface area (Å²) in [6.45, 7) is 6.05. The molecule has 2 fully saturated rings. The molecule has 262 valence electrons. The van der Waals surface area contributed by atoms with E-state index < -0.39 is 11.2 Å². The first-order valence-electron chi connectivity index (χ1n) is 17.3. The number of methoxy groups -OCH3 is 1. The molecule has 1 unspecified atom stereocenters. The van der Waals surface area contributed by atoms with Gasteiger partial charge in [0.15, 0.2) is 0 Å². The predicted molar refractivity (Wildman–Crippen MR) is 197 cm³/mol. The van der Waals surface area contributed by atoms with Crippen molar-refractivity contribution >= 4 is 40.0 Å². The van der Waals surface area contributed by atoms with Gasteiger partial charge in [0.25, 0.3) is 5.56 Å². The summed E-state index contributed by atoms with van der Waals surface area (Å²) in [6.07, 6.45) is 3.46. The maximum Gasteiger partial charge on any atom is 0.330 e. The van der Waals surface area contributed by atoms with Crippen LogP contribution in [0.15, 0.2) is 64.3 Å². The quantitative estimate of drug-likeness (QED) is 0.200. The number of carbonyl (C=O) groups excluding carboxylic acids is 1. The first-order valence-corrected chi connectivity index (χ1v) is 17.7. The number of carbonyl (C=O) groups is 1. The molecule has 2 aromatic carbocycles. The van der Waals surface area contributed by atoms with Gasteiger partial charge in [-0.25, -0.2) is 14.8 Å². The lowest BCUT2D eigenvalue weighted by molar-refractivity contribution is -0.145. The number of benzene rings is 2. The molecule has 4 atom stereocenters. The molecule has 2 aliphatic carbocycles. The highest BCUT2D eigenvalue weighted by Crippen LogP contribution is 2.56. The van der Waals surface area contributed by atoms with E-state index in [-0.39, 0.29) is 17.9 Å². The van der Waals surface area contributed by atoms with Gasteiger partial charge in [0.05, 0.1) is 35.9 Å². The van der Waals surface area contributed by atoms with Gasteiger partial charge < -0.3 is 14.8 Å². The van der Waals surface area contributed by atoms with E-state index >= 15 is 0 Å². The van der Waals surface area contributed by atoms with Gasteiger partial charge in [-0.2, -0.15) is 0 Å². The van der Waals surface area contributed by atoms with Crippen molar-refractivity contribution in [3.05, 3.63) is 97.3 Å². The Kier molecular flexibility index (Phi) is 8.22. The second-order valence-electron chi connectivity index (χ2n) is 13.7. The highest BCUT2D eigenvalue weighted by Gasteiger charge is 2.61. The van der Waals surface area contributed by atoms with Crippen molar-refractivity contribution in [2.45, 2.75) is 32.7 Å². The summed E-state index contributed by atoms with van der Waals surface area (Å²) < 4.78 is 13.8. The summed E-state index contributed by atoms with van der Waals surface area (Å²) in [5.74, 6) is 1.71. The Hall–Kier alpha value is -5.00. The molecule has 3 aliphatic rings. The summed E-state index contributed by atoms with van der Waals surface area (Å²) in [4.78, 5) is 50.1. The van der Waals surface area contributed by atoms with Gasteiger partial charge in [0.1, 0.15) is 11.2 Å². The number of nitrogens with one attached hydrogen (secondary N) is 1. The molecule has 1 saturated carbocycles. The second kappa shape index (κ2) is 12.6. The molecule has 5 aromatic rings. The number of esters is 1. The van der Waals surface area contributed by atoms with Crippen molar-refractivity contribution < 1.29 is 14.3 Å². The number of anilines is 2. The molecule has 0 radical (unpaired) electrons. The van der Waals surface area contributed by atoms with Crippen LogP contribution in [0.5, 0.6) is 5.88 Å². The predicted octanol–water partition coefficient (Wildman–Crippen LogP) is 5.80. The maximum atomic E-state index is 13.2. The zero-order chi connectivity index (χ0) is 35.7. The van der Waals surface area contributed by atoms with Gasteiger partial charge in [-0.1, -0.05) is 41.9 Å². The molecule has 8 rings (SSSR count). The third-order valence-electron chi connectivity index (χ3n) is 11.1. The summed E-state index contributed by atoms with van der Waals surface area (Å²) in [7, 11) is 4.77. The van der Waals surface area contributed by atoms with Gasteiger partial charge >= 0.3 is 11.7 Å². The van der Waals surface area contributed by atoms with Crippen molar-refractivity contribution in [2.24, 2.45) is 31.8 Å². The van der Waals surface area contributed by atoms with E-state index in [1.807, 2.05) is 50.2 Å². The summed E-state index contributed by atoms with van der Waals surface area (Å²) in [5, 5.41) is 4.25. The fraction of sp³-hybridized carbons (Fsp3) is 0.359. The second-order valence-corrected chi connectivity index (χ2v) is 14.1. The van der Waals surface area contributed by atoms with E-state index in [0.29, 0.717) is 46.1 Å². The zero-order valence-corrected chi connectivity index (χ0v) is 30.0. The van der Waals surface area contributed by atoms with Crippen LogP contribution in [0, 0.1) is 24.7 Å². The average Bonchev–Trinajstić information content (AvgIpc) is 3.41. The minimum Gasteiger partial charge on any atom is -0.481 e. The van der Waals surface area contributed by atoms with Crippen LogP contribution >= 0.6 is 11.6 Å². The zero-order valence-electron chi connectivity index (χ0n) is 29.2. The molecular weight excluding hydrogens is 668 g/mol. The van der Waals surface area contributed by atoms with Crippen molar-refractivity contribution in [2.75, 3.05) is 32.1 Å². The largest absolute Gasteiger partial charge is 0.481 e. The van der Waals surface area contributed by atoms with E-state index in [0.717, 1.165) is 69.7 Å². The molecule has 11 nitrogen and oxygen atoms in total. The molecule has 1 N–H and O–H groups in total.